The van der Waals surface area contributed by atoms with Crippen molar-refractivity contribution in [2.24, 2.45) is 0 Å². The van der Waals surface area contributed by atoms with Crippen LogP contribution in [0.5, 0.6) is 11.5 Å². The van der Waals surface area contributed by atoms with Gasteiger partial charge in [-0.2, -0.15) is 0 Å². The Kier molecular flexibility index (Phi) is 5.13. The lowest BCUT2D eigenvalue weighted by atomic mass is 10.0. The predicted octanol–water partition coefficient (Wildman–Crippen LogP) is 6.10. The molecule has 106 valence electrons. The molecule has 2 aromatic carbocycles. The van der Waals surface area contributed by atoms with E-state index in [1.807, 2.05) is 36.0 Å². The molecule has 0 fully saturated rings. The molecule has 2 rings (SSSR count). The van der Waals surface area contributed by atoms with Gasteiger partial charge in [0.05, 0.1) is 0 Å². The number of thioether (sulfide) groups is 1. The first-order valence-electron chi connectivity index (χ1n) is 7.09. The Bertz CT molecular complexity index is 526. The van der Waals surface area contributed by atoms with Crippen LogP contribution < -0.4 is 4.74 Å². The van der Waals surface area contributed by atoms with Gasteiger partial charge in [0.1, 0.15) is 11.5 Å². The summed E-state index contributed by atoms with van der Waals surface area (Å²) in [6, 6.07) is 16.6. The standard InChI is InChI=1S/C18H22OS/c1-13(2)15-5-7-16(8-6-15)19-17-9-11-18(12-10-17)20-14(3)4/h5-14H,1-4H3. The summed E-state index contributed by atoms with van der Waals surface area (Å²) in [6.07, 6.45) is 0. The van der Waals surface area contributed by atoms with E-state index in [9.17, 15) is 0 Å². The van der Waals surface area contributed by atoms with Crippen LogP contribution in [-0.2, 0) is 0 Å². The maximum Gasteiger partial charge on any atom is 0.127 e. The van der Waals surface area contributed by atoms with Crippen LogP contribution in [0.2, 0.25) is 0 Å². The van der Waals surface area contributed by atoms with Gasteiger partial charge in [0.2, 0.25) is 0 Å². The summed E-state index contributed by atoms with van der Waals surface area (Å²) in [4.78, 5) is 1.28. The Hall–Kier alpha value is -1.41. The second-order valence-electron chi connectivity index (χ2n) is 5.46. The molecule has 0 aliphatic rings. The lowest BCUT2D eigenvalue weighted by Crippen LogP contribution is -1.89. The number of hydrogen-bond donors (Lipinski definition) is 0. The van der Waals surface area contributed by atoms with E-state index in [0.29, 0.717) is 11.2 Å². The van der Waals surface area contributed by atoms with Gasteiger partial charge in [-0.1, -0.05) is 39.8 Å². The third-order valence-corrected chi connectivity index (χ3v) is 3.99. The van der Waals surface area contributed by atoms with E-state index in [4.69, 9.17) is 4.74 Å². The summed E-state index contributed by atoms with van der Waals surface area (Å²) >= 11 is 1.86. The molecular weight excluding hydrogens is 264 g/mol. The lowest BCUT2D eigenvalue weighted by molar-refractivity contribution is 0.482. The Morgan fingerprint density at radius 2 is 1.25 bits per heavy atom. The smallest absolute Gasteiger partial charge is 0.127 e. The van der Waals surface area contributed by atoms with E-state index in [1.54, 1.807) is 0 Å². The van der Waals surface area contributed by atoms with Crippen LogP contribution in [0.25, 0.3) is 0 Å². The largest absolute Gasteiger partial charge is 0.457 e. The summed E-state index contributed by atoms with van der Waals surface area (Å²) in [6.45, 7) is 8.79. The van der Waals surface area contributed by atoms with Gasteiger partial charge in [-0.25, -0.2) is 0 Å². The van der Waals surface area contributed by atoms with Crippen LogP contribution in [0.1, 0.15) is 39.2 Å². The summed E-state index contributed by atoms with van der Waals surface area (Å²) in [5.74, 6) is 2.32. The van der Waals surface area contributed by atoms with Gasteiger partial charge < -0.3 is 4.74 Å². The zero-order valence-corrected chi connectivity index (χ0v) is 13.4. The fourth-order valence-electron chi connectivity index (χ4n) is 1.92. The fraction of sp³-hybridized carbons (Fsp3) is 0.333. The quantitative estimate of drug-likeness (QED) is 0.614. The predicted molar refractivity (Wildman–Crippen MR) is 88.0 cm³/mol. The van der Waals surface area contributed by atoms with Crippen molar-refractivity contribution in [2.75, 3.05) is 0 Å². The van der Waals surface area contributed by atoms with E-state index in [1.165, 1.54) is 10.5 Å². The molecule has 20 heavy (non-hydrogen) atoms. The highest BCUT2D eigenvalue weighted by Crippen LogP contribution is 2.28. The second kappa shape index (κ2) is 6.85. The first kappa shape index (κ1) is 15.0. The third-order valence-electron chi connectivity index (χ3n) is 2.98. The normalized spacial score (nSPS) is 11.1. The first-order chi connectivity index (χ1) is 9.54. The third kappa shape index (κ3) is 4.31. The number of benzene rings is 2. The highest BCUT2D eigenvalue weighted by atomic mass is 32.2. The molecule has 0 aliphatic carbocycles. The SMILES string of the molecule is CC(C)Sc1ccc(Oc2ccc(C(C)C)cc2)cc1. The topological polar surface area (TPSA) is 9.23 Å². The monoisotopic (exact) mass is 286 g/mol. The summed E-state index contributed by atoms with van der Waals surface area (Å²) in [5, 5.41) is 0.602. The molecule has 0 radical (unpaired) electrons. The van der Waals surface area contributed by atoms with Gasteiger partial charge in [-0.05, 0) is 47.9 Å². The van der Waals surface area contributed by atoms with Gasteiger partial charge in [0, 0.05) is 10.1 Å². The minimum Gasteiger partial charge on any atom is -0.457 e. The van der Waals surface area contributed by atoms with Crippen LogP contribution in [0, 0.1) is 0 Å². The molecule has 0 heterocycles. The molecule has 0 aliphatic heterocycles. The van der Waals surface area contributed by atoms with Gasteiger partial charge in [0.25, 0.3) is 0 Å². The molecule has 2 aromatic rings. The molecule has 0 saturated carbocycles. The van der Waals surface area contributed by atoms with Crippen molar-refractivity contribution in [3.63, 3.8) is 0 Å². The van der Waals surface area contributed by atoms with E-state index in [0.717, 1.165) is 11.5 Å². The van der Waals surface area contributed by atoms with Crippen molar-refractivity contribution in [2.45, 2.75) is 43.8 Å². The van der Waals surface area contributed by atoms with E-state index in [2.05, 4.69) is 52.0 Å². The lowest BCUT2D eigenvalue weighted by Gasteiger charge is -2.09. The van der Waals surface area contributed by atoms with Gasteiger partial charge in [-0.3, -0.25) is 0 Å². The summed E-state index contributed by atoms with van der Waals surface area (Å²) < 4.78 is 5.86. The van der Waals surface area contributed by atoms with Crippen LogP contribution >= 0.6 is 11.8 Å². The molecule has 0 N–H and O–H groups in total. The summed E-state index contributed by atoms with van der Waals surface area (Å²) in [7, 11) is 0. The Labute approximate surface area is 126 Å². The van der Waals surface area contributed by atoms with Crippen molar-refractivity contribution in [1.29, 1.82) is 0 Å². The van der Waals surface area contributed by atoms with E-state index < -0.39 is 0 Å². The molecule has 0 spiro atoms. The Morgan fingerprint density at radius 1 is 0.750 bits per heavy atom. The molecule has 0 bridgehead atoms. The number of ether oxygens (including phenoxy) is 1. The molecular formula is C18H22OS. The van der Waals surface area contributed by atoms with Crippen LogP contribution in [0.15, 0.2) is 53.4 Å². The maximum atomic E-state index is 5.86. The Balaban J connectivity index is 2.02. The average Bonchev–Trinajstić information content (AvgIpc) is 2.41. The Morgan fingerprint density at radius 3 is 1.70 bits per heavy atom. The van der Waals surface area contributed by atoms with Crippen LogP contribution in [-0.4, -0.2) is 5.25 Å². The number of rotatable bonds is 5. The van der Waals surface area contributed by atoms with Crippen molar-refractivity contribution in [3.8, 4) is 11.5 Å². The molecule has 0 atom stereocenters. The van der Waals surface area contributed by atoms with Crippen molar-refractivity contribution >= 4 is 11.8 Å². The average molecular weight is 286 g/mol. The molecule has 0 saturated heterocycles. The minimum atomic E-state index is 0.552. The zero-order valence-electron chi connectivity index (χ0n) is 12.6. The molecule has 0 unspecified atom stereocenters. The van der Waals surface area contributed by atoms with E-state index in [-0.39, 0.29) is 0 Å². The molecule has 0 aromatic heterocycles. The zero-order chi connectivity index (χ0) is 14.5. The maximum absolute atomic E-state index is 5.86. The molecule has 0 amide bonds. The van der Waals surface area contributed by atoms with Crippen molar-refractivity contribution in [3.05, 3.63) is 54.1 Å². The van der Waals surface area contributed by atoms with E-state index >= 15 is 0 Å². The molecule has 2 heteroatoms. The first-order valence-corrected chi connectivity index (χ1v) is 7.97. The van der Waals surface area contributed by atoms with Gasteiger partial charge in [-0.15, -0.1) is 11.8 Å². The second-order valence-corrected chi connectivity index (χ2v) is 7.11. The minimum absolute atomic E-state index is 0.552. The van der Waals surface area contributed by atoms with Crippen molar-refractivity contribution < 1.29 is 4.74 Å². The van der Waals surface area contributed by atoms with Gasteiger partial charge >= 0.3 is 0 Å². The molecule has 1 nitrogen and oxygen atoms in total. The highest BCUT2D eigenvalue weighted by molar-refractivity contribution is 7.99. The number of hydrogen-bond acceptors (Lipinski definition) is 2. The highest BCUT2D eigenvalue weighted by Gasteiger charge is 2.02. The summed E-state index contributed by atoms with van der Waals surface area (Å²) in [5.41, 5.74) is 1.33. The van der Waals surface area contributed by atoms with Crippen molar-refractivity contribution in [1.82, 2.24) is 0 Å². The van der Waals surface area contributed by atoms with Crippen LogP contribution in [0.3, 0.4) is 0 Å². The fourth-order valence-corrected chi connectivity index (χ4v) is 2.75. The van der Waals surface area contributed by atoms with Crippen LogP contribution in [0.4, 0.5) is 0 Å². The van der Waals surface area contributed by atoms with Gasteiger partial charge in [0.15, 0.2) is 0 Å².